The Bertz CT molecular complexity index is 3010. The largest absolute Gasteiger partial charge is 0.354 e. The lowest BCUT2D eigenvalue weighted by Gasteiger charge is -2.28. The highest BCUT2D eigenvalue weighted by atomic mass is 15.1. The molecule has 2 heteroatoms. The van der Waals surface area contributed by atoms with Crippen LogP contribution in [0.2, 0.25) is 0 Å². The number of rotatable bonds is 5. The monoisotopic (exact) mass is 674 g/mol. The molecule has 0 atom stereocenters. The van der Waals surface area contributed by atoms with Crippen molar-refractivity contribution in [2.75, 3.05) is 4.90 Å². The number of aromatic amines is 1. The quantitative estimate of drug-likeness (QED) is 0.192. The second-order valence-electron chi connectivity index (χ2n) is 14.1. The fourth-order valence-corrected chi connectivity index (χ4v) is 8.86. The van der Waals surface area contributed by atoms with Gasteiger partial charge in [0.2, 0.25) is 0 Å². The lowest BCUT2D eigenvalue weighted by molar-refractivity contribution is 1.27. The molecule has 2 nitrogen and oxygen atoms in total. The summed E-state index contributed by atoms with van der Waals surface area (Å²) in [6.45, 7) is 0. The van der Waals surface area contributed by atoms with Gasteiger partial charge >= 0.3 is 0 Å². The first-order valence-corrected chi connectivity index (χ1v) is 18.4. The van der Waals surface area contributed by atoms with E-state index in [1.54, 1.807) is 0 Å². The minimum Gasteiger partial charge on any atom is -0.354 e. The molecule has 1 aliphatic rings. The summed E-state index contributed by atoms with van der Waals surface area (Å²) in [6, 6.07) is 68.6. The molecule has 1 aromatic heterocycles. The number of aromatic nitrogens is 1. The highest BCUT2D eigenvalue weighted by Crippen LogP contribution is 2.52. The second-order valence-corrected chi connectivity index (χ2v) is 14.1. The first-order chi connectivity index (χ1) is 26.3. The van der Waals surface area contributed by atoms with Crippen molar-refractivity contribution in [3.63, 3.8) is 0 Å². The van der Waals surface area contributed by atoms with Crippen LogP contribution in [0.5, 0.6) is 0 Å². The first-order valence-electron chi connectivity index (χ1n) is 18.4. The third-order valence-electron chi connectivity index (χ3n) is 11.2. The number of nitrogens with zero attached hydrogens (tertiary/aromatic N) is 1. The lowest BCUT2D eigenvalue weighted by Crippen LogP contribution is -2.11. The average molecular weight is 675 g/mol. The number of nitrogens with one attached hydrogen (secondary N) is 1. The zero-order chi connectivity index (χ0) is 34.9. The molecule has 1 N–H and O–H groups in total. The van der Waals surface area contributed by atoms with E-state index in [0.717, 1.165) is 17.8 Å². The molecule has 248 valence electrons. The van der Waals surface area contributed by atoms with Gasteiger partial charge in [-0.25, -0.2) is 0 Å². The van der Waals surface area contributed by atoms with Gasteiger partial charge in [-0.1, -0.05) is 152 Å². The van der Waals surface area contributed by atoms with E-state index in [4.69, 9.17) is 0 Å². The topological polar surface area (TPSA) is 19.0 Å². The van der Waals surface area contributed by atoms with Gasteiger partial charge in [0.05, 0.1) is 11.2 Å². The van der Waals surface area contributed by atoms with E-state index < -0.39 is 0 Å². The fourth-order valence-electron chi connectivity index (χ4n) is 8.86. The summed E-state index contributed by atoms with van der Waals surface area (Å²) in [5.74, 6) is 0. The predicted octanol–water partition coefficient (Wildman–Crippen LogP) is 14.0. The Morgan fingerprint density at radius 3 is 1.85 bits per heavy atom. The Balaban J connectivity index is 1.17. The predicted molar refractivity (Wildman–Crippen MR) is 225 cm³/mol. The van der Waals surface area contributed by atoms with Crippen molar-refractivity contribution in [1.29, 1.82) is 0 Å². The van der Waals surface area contributed by atoms with Gasteiger partial charge < -0.3 is 9.88 Å². The number of hydrogen-bond donors (Lipinski definition) is 1. The van der Waals surface area contributed by atoms with E-state index in [0.29, 0.717) is 0 Å². The molecule has 11 rings (SSSR count). The molecule has 0 spiro atoms. The minimum atomic E-state index is 0.875. The van der Waals surface area contributed by atoms with E-state index in [2.05, 4.69) is 198 Å². The third-order valence-corrected chi connectivity index (χ3v) is 11.2. The van der Waals surface area contributed by atoms with Crippen molar-refractivity contribution < 1.29 is 0 Å². The normalized spacial score (nSPS) is 12.1. The van der Waals surface area contributed by atoms with Crippen molar-refractivity contribution >= 4 is 60.4 Å². The highest BCUT2D eigenvalue weighted by molar-refractivity contribution is 6.26. The highest BCUT2D eigenvalue weighted by Gasteiger charge is 2.29. The Labute approximate surface area is 308 Å². The number of benzene rings is 9. The average Bonchev–Trinajstić information content (AvgIpc) is 3.82. The number of fused-ring (bicyclic) bond motifs is 12. The number of anilines is 3. The van der Waals surface area contributed by atoms with Crippen LogP contribution < -0.4 is 4.90 Å². The van der Waals surface area contributed by atoms with Crippen LogP contribution in [0, 0.1) is 0 Å². The van der Waals surface area contributed by atoms with Gasteiger partial charge in [-0.15, -0.1) is 0 Å². The van der Waals surface area contributed by atoms with Gasteiger partial charge in [0, 0.05) is 38.4 Å². The van der Waals surface area contributed by atoms with E-state index >= 15 is 0 Å². The Morgan fingerprint density at radius 2 is 1.06 bits per heavy atom. The standard InChI is InChI=1S/C51H34N2/c1-3-13-33(14-4-1)35-25-28-38(29-26-35)53(39-19-11-18-37(31-39)34-15-5-2-6-16-34)47-24-12-17-36-27-30-41-45(48(36)47)32-44-40-20-7-8-21-42(40)51-50(49(41)44)43-22-9-10-23-46(43)52-51/h1-31,52H,32H2. The Morgan fingerprint density at radius 1 is 0.415 bits per heavy atom. The SMILES string of the molecule is c1ccc(-c2ccc(N(c3cccc(-c4ccccc4)c3)c3cccc4ccc5c(c34)Cc3c-5c4c5ccccc5[nH]c4c4ccccc34)cc2)cc1. The van der Waals surface area contributed by atoms with Gasteiger partial charge in [0.15, 0.2) is 0 Å². The summed E-state index contributed by atoms with van der Waals surface area (Å²) >= 11 is 0. The zero-order valence-corrected chi connectivity index (χ0v) is 29.1. The number of H-pyrrole nitrogens is 1. The van der Waals surface area contributed by atoms with Gasteiger partial charge in [-0.05, 0) is 98.1 Å². The summed E-state index contributed by atoms with van der Waals surface area (Å²) < 4.78 is 0. The number of para-hydroxylation sites is 1. The molecule has 0 saturated carbocycles. The maximum Gasteiger partial charge on any atom is 0.0551 e. The molecule has 0 unspecified atom stereocenters. The maximum absolute atomic E-state index is 3.82. The van der Waals surface area contributed by atoms with Gasteiger partial charge in [-0.2, -0.15) is 0 Å². The maximum atomic E-state index is 3.82. The van der Waals surface area contributed by atoms with Gasteiger partial charge in [0.25, 0.3) is 0 Å². The summed E-state index contributed by atoms with van der Waals surface area (Å²) in [5, 5.41) is 7.77. The van der Waals surface area contributed by atoms with E-state index in [-0.39, 0.29) is 0 Å². The molecule has 1 aliphatic carbocycles. The summed E-state index contributed by atoms with van der Waals surface area (Å²) in [6.07, 6.45) is 0.875. The van der Waals surface area contributed by atoms with Crippen LogP contribution in [0.4, 0.5) is 17.1 Å². The zero-order valence-electron chi connectivity index (χ0n) is 29.1. The van der Waals surface area contributed by atoms with Gasteiger partial charge in [-0.3, -0.25) is 0 Å². The smallest absolute Gasteiger partial charge is 0.0551 e. The van der Waals surface area contributed by atoms with Crippen LogP contribution in [-0.2, 0) is 6.42 Å². The molecule has 53 heavy (non-hydrogen) atoms. The van der Waals surface area contributed by atoms with Crippen molar-refractivity contribution in [3.05, 3.63) is 199 Å². The van der Waals surface area contributed by atoms with Crippen LogP contribution >= 0.6 is 0 Å². The first kappa shape index (κ1) is 29.8. The number of hydrogen-bond acceptors (Lipinski definition) is 1. The fraction of sp³-hybridized carbons (Fsp3) is 0.0196. The molecule has 0 fully saturated rings. The summed E-state index contributed by atoms with van der Waals surface area (Å²) in [5.41, 5.74) is 16.2. The molecule has 0 aliphatic heterocycles. The Kier molecular flexibility index (Phi) is 6.65. The molecular formula is C51H34N2. The van der Waals surface area contributed by atoms with Crippen molar-refractivity contribution in [2.45, 2.75) is 6.42 Å². The molecule has 1 heterocycles. The molecule has 0 saturated heterocycles. The van der Waals surface area contributed by atoms with Crippen LogP contribution in [0.3, 0.4) is 0 Å². The minimum absolute atomic E-state index is 0.875. The van der Waals surface area contributed by atoms with Crippen LogP contribution in [0.1, 0.15) is 11.1 Å². The van der Waals surface area contributed by atoms with Crippen molar-refractivity contribution in [1.82, 2.24) is 4.98 Å². The lowest BCUT2D eigenvalue weighted by atomic mass is 9.93. The van der Waals surface area contributed by atoms with Gasteiger partial charge in [0.1, 0.15) is 0 Å². The molecule has 0 bridgehead atoms. The molecule has 0 radical (unpaired) electrons. The molecular weight excluding hydrogens is 641 g/mol. The van der Waals surface area contributed by atoms with E-state index in [1.807, 2.05) is 0 Å². The summed E-state index contributed by atoms with van der Waals surface area (Å²) in [7, 11) is 0. The Hall–Kier alpha value is -6.90. The molecule has 9 aromatic carbocycles. The van der Waals surface area contributed by atoms with Crippen LogP contribution in [0.25, 0.3) is 76.7 Å². The van der Waals surface area contributed by atoms with Crippen LogP contribution in [0.15, 0.2) is 188 Å². The summed E-state index contributed by atoms with van der Waals surface area (Å²) in [4.78, 5) is 6.28. The van der Waals surface area contributed by atoms with Crippen molar-refractivity contribution in [2.24, 2.45) is 0 Å². The van der Waals surface area contributed by atoms with Crippen LogP contribution in [-0.4, -0.2) is 4.98 Å². The second kappa shape index (κ2) is 11.8. The van der Waals surface area contributed by atoms with E-state index in [9.17, 15) is 0 Å². The molecule has 0 amide bonds. The third kappa shape index (κ3) is 4.66. The van der Waals surface area contributed by atoms with E-state index in [1.165, 1.54) is 93.5 Å². The van der Waals surface area contributed by atoms with Crippen molar-refractivity contribution in [3.8, 4) is 33.4 Å². The molecule has 10 aromatic rings.